The summed E-state index contributed by atoms with van der Waals surface area (Å²) in [7, 11) is 0. The van der Waals surface area contributed by atoms with Crippen molar-refractivity contribution in [3.05, 3.63) is 41.7 Å². The third-order valence-corrected chi connectivity index (χ3v) is 2.45. The van der Waals surface area contributed by atoms with Gasteiger partial charge in [-0.25, -0.2) is 4.98 Å². The summed E-state index contributed by atoms with van der Waals surface area (Å²) in [5, 5.41) is 0. The van der Waals surface area contributed by atoms with Gasteiger partial charge in [0, 0.05) is 12.2 Å². The van der Waals surface area contributed by atoms with Gasteiger partial charge in [0.15, 0.2) is 11.5 Å². The Bertz CT molecular complexity index is 558. The Hall–Kier alpha value is -2.14. The SMILES string of the molecule is CCOc1ccccc1Oc1nc(C)cc(CN)n1. The van der Waals surface area contributed by atoms with Gasteiger partial charge in [0.2, 0.25) is 0 Å². The Labute approximate surface area is 112 Å². The van der Waals surface area contributed by atoms with E-state index < -0.39 is 0 Å². The van der Waals surface area contributed by atoms with E-state index in [1.807, 2.05) is 44.2 Å². The predicted octanol–water partition coefficient (Wildman–Crippen LogP) is 2.43. The average molecular weight is 259 g/mol. The molecule has 0 fully saturated rings. The fourth-order valence-corrected chi connectivity index (χ4v) is 1.66. The minimum Gasteiger partial charge on any atom is -0.490 e. The van der Waals surface area contributed by atoms with Gasteiger partial charge in [-0.2, -0.15) is 4.98 Å². The highest BCUT2D eigenvalue weighted by atomic mass is 16.5. The molecule has 2 rings (SSSR count). The second kappa shape index (κ2) is 6.15. The summed E-state index contributed by atoms with van der Waals surface area (Å²) < 4.78 is 11.2. The van der Waals surface area contributed by atoms with Crippen molar-refractivity contribution in [2.24, 2.45) is 5.73 Å². The lowest BCUT2D eigenvalue weighted by molar-refractivity contribution is 0.316. The highest BCUT2D eigenvalue weighted by Crippen LogP contribution is 2.29. The van der Waals surface area contributed by atoms with Gasteiger partial charge in [-0.15, -0.1) is 0 Å². The van der Waals surface area contributed by atoms with Crippen molar-refractivity contribution >= 4 is 0 Å². The maximum atomic E-state index is 5.68. The monoisotopic (exact) mass is 259 g/mol. The molecule has 0 radical (unpaired) electrons. The number of aromatic nitrogens is 2. The number of benzene rings is 1. The molecule has 0 amide bonds. The summed E-state index contributed by atoms with van der Waals surface area (Å²) in [4.78, 5) is 8.47. The number of aryl methyl sites for hydroxylation is 1. The van der Waals surface area contributed by atoms with E-state index in [-0.39, 0.29) is 6.01 Å². The third-order valence-electron chi connectivity index (χ3n) is 2.45. The molecule has 1 heterocycles. The van der Waals surface area contributed by atoms with Crippen LogP contribution in [0.15, 0.2) is 30.3 Å². The normalized spacial score (nSPS) is 10.3. The van der Waals surface area contributed by atoms with Crippen LogP contribution in [0.5, 0.6) is 17.5 Å². The summed E-state index contributed by atoms with van der Waals surface area (Å²) in [6.07, 6.45) is 0. The summed E-state index contributed by atoms with van der Waals surface area (Å²) in [5.41, 5.74) is 7.15. The van der Waals surface area contributed by atoms with E-state index in [2.05, 4.69) is 9.97 Å². The number of hydrogen-bond acceptors (Lipinski definition) is 5. The van der Waals surface area contributed by atoms with E-state index in [0.717, 1.165) is 11.4 Å². The number of para-hydroxylation sites is 2. The second-order valence-corrected chi connectivity index (χ2v) is 3.97. The van der Waals surface area contributed by atoms with Gasteiger partial charge in [-0.05, 0) is 32.0 Å². The molecule has 5 nitrogen and oxygen atoms in total. The predicted molar refractivity (Wildman–Crippen MR) is 72.3 cm³/mol. The zero-order valence-corrected chi connectivity index (χ0v) is 11.1. The van der Waals surface area contributed by atoms with Crippen LogP contribution in [-0.2, 0) is 6.54 Å². The van der Waals surface area contributed by atoms with Crippen LogP contribution in [0.1, 0.15) is 18.3 Å². The van der Waals surface area contributed by atoms with Crippen LogP contribution < -0.4 is 15.2 Å². The minimum absolute atomic E-state index is 0.285. The molecule has 0 saturated heterocycles. The quantitative estimate of drug-likeness (QED) is 0.893. The highest BCUT2D eigenvalue weighted by Gasteiger charge is 2.08. The maximum absolute atomic E-state index is 5.68. The van der Waals surface area contributed by atoms with E-state index in [9.17, 15) is 0 Å². The first-order chi connectivity index (χ1) is 9.22. The minimum atomic E-state index is 0.285. The van der Waals surface area contributed by atoms with Crippen LogP contribution in [0.25, 0.3) is 0 Å². The van der Waals surface area contributed by atoms with Crippen LogP contribution in [-0.4, -0.2) is 16.6 Å². The standard InChI is InChI=1S/C14H17N3O2/c1-3-18-12-6-4-5-7-13(12)19-14-16-10(2)8-11(9-15)17-14/h4-8H,3,9,15H2,1-2H3. The molecule has 0 aliphatic rings. The molecule has 0 aliphatic heterocycles. The summed E-state index contributed by atoms with van der Waals surface area (Å²) in [6, 6.07) is 9.55. The topological polar surface area (TPSA) is 70.3 Å². The first-order valence-corrected chi connectivity index (χ1v) is 6.17. The van der Waals surface area contributed by atoms with E-state index in [4.69, 9.17) is 15.2 Å². The van der Waals surface area contributed by atoms with Gasteiger partial charge < -0.3 is 15.2 Å². The molecule has 2 N–H and O–H groups in total. The molecular weight excluding hydrogens is 242 g/mol. The molecule has 1 aromatic heterocycles. The van der Waals surface area contributed by atoms with Crippen LogP contribution in [0.3, 0.4) is 0 Å². The summed E-state index contributed by atoms with van der Waals surface area (Å²) in [6.45, 7) is 4.73. The molecule has 0 bridgehead atoms. The average Bonchev–Trinajstić information content (AvgIpc) is 2.40. The van der Waals surface area contributed by atoms with Crippen molar-refractivity contribution in [1.29, 1.82) is 0 Å². The van der Waals surface area contributed by atoms with Crippen molar-refractivity contribution in [2.75, 3.05) is 6.61 Å². The molecule has 2 aromatic rings. The summed E-state index contributed by atoms with van der Waals surface area (Å²) >= 11 is 0. The molecule has 19 heavy (non-hydrogen) atoms. The maximum Gasteiger partial charge on any atom is 0.322 e. The van der Waals surface area contributed by atoms with E-state index >= 15 is 0 Å². The van der Waals surface area contributed by atoms with Gasteiger partial charge >= 0.3 is 6.01 Å². The zero-order chi connectivity index (χ0) is 13.7. The molecule has 0 spiro atoms. The Morgan fingerprint density at radius 2 is 1.89 bits per heavy atom. The van der Waals surface area contributed by atoms with Gasteiger partial charge in [0.1, 0.15) is 0 Å². The van der Waals surface area contributed by atoms with Crippen LogP contribution in [0, 0.1) is 6.92 Å². The summed E-state index contributed by atoms with van der Waals surface area (Å²) in [5.74, 6) is 1.27. The number of hydrogen-bond donors (Lipinski definition) is 1. The van der Waals surface area contributed by atoms with Gasteiger partial charge in [-0.1, -0.05) is 12.1 Å². The first kappa shape index (κ1) is 13.3. The van der Waals surface area contributed by atoms with Crippen LogP contribution in [0.4, 0.5) is 0 Å². The van der Waals surface area contributed by atoms with Gasteiger partial charge in [-0.3, -0.25) is 0 Å². The molecule has 0 atom stereocenters. The Morgan fingerprint density at radius 1 is 1.16 bits per heavy atom. The molecule has 1 aromatic carbocycles. The Balaban J connectivity index is 2.28. The molecule has 5 heteroatoms. The molecule has 0 aliphatic carbocycles. The zero-order valence-electron chi connectivity index (χ0n) is 11.1. The molecule has 0 saturated carbocycles. The highest BCUT2D eigenvalue weighted by molar-refractivity contribution is 5.41. The number of ether oxygens (including phenoxy) is 2. The fraction of sp³-hybridized carbons (Fsp3) is 0.286. The van der Waals surface area contributed by atoms with Crippen molar-refractivity contribution < 1.29 is 9.47 Å². The first-order valence-electron chi connectivity index (χ1n) is 6.17. The van der Waals surface area contributed by atoms with Crippen molar-refractivity contribution in [3.8, 4) is 17.5 Å². The van der Waals surface area contributed by atoms with E-state index in [1.165, 1.54) is 0 Å². The van der Waals surface area contributed by atoms with E-state index in [0.29, 0.717) is 24.7 Å². The Kier molecular flexibility index (Phi) is 4.30. The molecular formula is C14H17N3O2. The van der Waals surface area contributed by atoms with Crippen LogP contribution in [0.2, 0.25) is 0 Å². The lowest BCUT2D eigenvalue weighted by Gasteiger charge is -2.10. The lowest BCUT2D eigenvalue weighted by Crippen LogP contribution is -2.04. The van der Waals surface area contributed by atoms with Gasteiger partial charge in [0.05, 0.1) is 12.3 Å². The molecule has 100 valence electrons. The van der Waals surface area contributed by atoms with Crippen molar-refractivity contribution in [3.63, 3.8) is 0 Å². The second-order valence-electron chi connectivity index (χ2n) is 3.97. The smallest absolute Gasteiger partial charge is 0.322 e. The van der Waals surface area contributed by atoms with Crippen molar-refractivity contribution in [2.45, 2.75) is 20.4 Å². The number of rotatable bonds is 5. The van der Waals surface area contributed by atoms with E-state index in [1.54, 1.807) is 0 Å². The lowest BCUT2D eigenvalue weighted by atomic mass is 10.3. The molecule has 0 unspecified atom stereocenters. The third kappa shape index (κ3) is 3.42. The van der Waals surface area contributed by atoms with Crippen molar-refractivity contribution in [1.82, 2.24) is 9.97 Å². The Morgan fingerprint density at radius 3 is 2.58 bits per heavy atom. The largest absolute Gasteiger partial charge is 0.490 e. The van der Waals surface area contributed by atoms with Gasteiger partial charge in [0.25, 0.3) is 0 Å². The van der Waals surface area contributed by atoms with Crippen LogP contribution >= 0.6 is 0 Å². The number of nitrogens with zero attached hydrogens (tertiary/aromatic N) is 2. The fourth-order valence-electron chi connectivity index (χ4n) is 1.66. The number of nitrogens with two attached hydrogens (primary N) is 1.